The highest BCUT2D eigenvalue weighted by atomic mass is 16.3. The molecule has 40 heavy (non-hydrogen) atoms. The van der Waals surface area contributed by atoms with Crippen LogP contribution < -0.4 is 0 Å². The summed E-state index contributed by atoms with van der Waals surface area (Å²) in [6, 6.07) is 18.2. The average molecular weight is 533 g/mol. The first-order valence-corrected chi connectivity index (χ1v) is 16.0. The molecule has 0 unspecified atom stereocenters. The highest BCUT2D eigenvalue weighted by Gasteiger charge is 2.15. The number of rotatable bonds is 14. The Kier molecular flexibility index (Phi) is 8.42. The molecule has 4 aromatic carbocycles. The summed E-state index contributed by atoms with van der Waals surface area (Å²) in [5.41, 5.74) is 4.73. The average Bonchev–Trinajstić information content (AvgIpc) is 3.60. The van der Waals surface area contributed by atoms with Crippen molar-refractivity contribution in [3.63, 3.8) is 0 Å². The number of unbranched alkanes of at least 4 members (excludes halogenated alkanes) is 10. The molecule has 0 aliphatic carbocycles. The van der Waals surface area contributed by atoms with Crippen molar-refractivity contribution in [1.82, 2.24) is 0 Å². The summed E-state index contributed by atoms with van der Waals surface area (Å²) in [4.78, 5) is 0. The summed E-state index contributed by atoms with van der Waals surface area (Å²) in [5.74, 6) is 0. The molecule has 0 amide bonds. The summed E-state index contributed by atoms with van der Waals surface area (Å²) in [5, 5.41) is 10.5. The van der Waals surface area contributed by atoms with Crippen molar-refractivity contribution >= 4 is 54.3 Å². The Hall–Kier alpha value is -3.26. The Labute approximate surface area is 238 Å². The standard InChI is InChI=1S/C38H44O2/c1-3-5-7-9-11-13-15-27-25-39-35-23-21-31-29-18-20-34-32(30(29)17-19-33(31)37(27)35)22-24-36-38(34)28(26-40-36)16-14-12-10-8-6-4-2/h17-26H,3-16H2,1-2H3. The van der Waals surface area contributed by atoms with Crippen molar-refractivity contribution in [3.05, 3.63) is 72.2 Å². The molecule has 2 aromatic heterocycles. The predicted molar refractivity (Wildman–Crippen MR) is 173 cm³/mol. The normalized spacial score (nSPS) is 12.2. The molecule has 0 atom stereocenters. The van der Waals surface area contributed by atoms with Gasteiger partial charge in [-0.3, -0.25) is 0 Å². The molecule has 2 heteroatoms. The van der Waals surface area contributed by atoms with E-state index in [1.54, 1.807) is 0 Å². The third kappa shape index (κ3) is 5.26. The molecule has 0 spiro atoms. The fourth-order valence-corrected chi connectivity index (χ4v) is 6.80. The second-order valence-corrected chi connectivity index (χ2v) is 11.9. The maximum Gasteiger partial charge on any atom is 0.134 e. The monoisotopic (exact) mass is 532 g/mol. The smallest absolute Gasteiger partial charge is 0.134 e. The number of furan rings is 2. The lowest BCUT2D eigenvalue weighted by atomic mass is 9.92. The number of fused-ring (bicyclic) bond motifs is 9. The van der Waals surface area contributed by atoms with Gasteiger partial charge in [-0.2, -0.15) is 0 Å². The number of aryl methyl sites for hydroxylation is 2. The molecule has 0 saturated carbocycles. The van der Waals surface area contributed by atoms with Crippen molar-refractivity contribution in [2.45, 2.75) is 104 Å². The van der Waals surface area contributed by atoms with Crippen molar-refractivity contribution in [2.75, 3.05) is 0 Å². The molecule has 6 aromatic rings. The van der Waals surface area contributed by atoms with E-state index in [2.05, 4.69) is 62.4 Å². The van der Waals surface area contributed by atoms with E-state index in [0.717, 1.165) is 24.0 Å². The van der Waals surface area contributed by atoms with Crippen LogP contribution in [0.5, 0.6) is 0 Å². The van der Waals surface area contributed by atoms with Crippen LogP contribution in [0.3, 0.4) is 0 Å². The van der Waals surface area contributed by atoms with Gasteiger partial charge in [0, 0.05) is 10.8 Å². The highest BCUT2D eigenvalue weighted by molar-refractivity contribution is 6.25. The minimum Gasteiger partial charge on any atom is -0.464 e. The van der Waals surface area contributed by atoms with Crippen molar-refractivity contribution in [2.24, 2.45) is 0 Å². The van der Waals surface area contributed by atoms with Crippen LogP contribution in [0.1, 0.15) is 102 Å². The zero-order chi connectivity index (χ0) is 27.3. The van der Waals surface area contributed by atoms with Gasteiger partial charge < -0.3 is 8.83 Å². The van der Waals surface area contributed by atoms with Crippen molar-refractivity contribution < 1.29 is 8.83 Å². The Morgan fingerprint density at radius 3 is 1.20 bits per heavy atom. The molecule has 0 radical (unpaired) electrons. The van der Waals surface area contributed by atoms with Gasteiger partial charge in [-0.1, -0.05) is 114 Å². The minimum absolute atomic E-state index is 1.01. The van der Waals surface area contributed by atoms with E-state index in [0.29, 0.717) is 0 Å². The third-order valence-corrected chi connectivity index (χ3v) is 9.02. The Bertz CT molecular complexity index is 1600. The first-order valence-electron chi connectivity index (χ1n) is 16.0. The first kappa shape index (κ1) is 26.9. The topological polar surface area (TPSA) is 26.3 Å². The van der Waals surface area contributed by atoms with Crippen LogP contribution in [0.4, 0.5) is 0 Å². The summed E-state index contributed by atoms with van der Waals surface area (Å²) >= 11 is 0. The molecule has 6 rings (SSSR count). The quantitative estimate of drug-likeness (QED) is 0.103. The Morgan fingerprint density at radius 1 is 0.400 bits per heavy atom. The zero-order valence-electron chi connectivity index (χ0n) is 24.5. The van der Waals surface area contributed by atoms with Gasteiger partial charge in [-0.15, -0.1) is 0 Å². The lowest BCUT2D eigenvalue weighted by Crippen LogP contribution is -1.88. The van der Waals surface area contributed by atoms with Crippen molar-refractivity contribution in [1.29, 1.82) is 0 Å². The summed E-state index contributed by atoms with van der Waals surface area (Å²) in [6.07, 6.45) is 22.0. The fraction of sp³-hybridized carbons (Fsp3) is 0.421. The number of hydrogen-bond acceptors (Lipinski definition) is 2. The molecule has 0 N–H and O–H groups in total. The molecular weight excluding hydrogens is 488 g/mol. The van der Waals surface area contributed by atoms with E-state index in [4.69, 9.17) is 8.83 Å². The van der Waals surface area contributed by atoms with E-state index in [9.17, 15) is 0 Å². The maximum absolute atomic E-state index is 6.04. The maximum atomic E-state index is 6.04. The molecular formula is C38H44O2. The lowest BCUT2D eigenvalue weighted by Gasteiger charge is -2.10. The molecule has 0 bridgehead atoms. The molecule has 0 aliphatic rings. The van der Waals surface area contributed by atoms with Gasteiger partial charge in [0.2, 0.25) is 0 Å². The number of benzene rings is 4. The van der Waals surface area contributed by atoms with Crippen LogP contribution in [-0.2, 0) is 12.8 Å². The predicted octanol–water partition coefficient (Wildman–Crippen LogP) is 12.4. The summed E-state index contributed by atoms with van der Waals surface area (Å²) in [6.45, 7) is 4.56. The van der Waals surface area contributed by atoms with Gasteiger partial charge in [-0.25, -0.2) is 0 Å². The lowest BCUT2D eigenvalue weighted by molar-refractivity contribution is 0.593. The van der Waals surface area contributed by atoms with Gasteiger partial charge in [0.25, 0.3) is 0 Å². The molecule has 0 fully saturated rings. The van der Waals surface area contributed by atoms with Gasteiger partial charge in [0.05, 0.1) is 12.5 Å². The third-order valence-electron chi connectivity index (χ3n) is 9.02. The molecule has 0 saturated heterocycles. The Morgan fingerprint density at radius 2 is 0.750 bits per heavy atom. The largest absolute Gasteiger partial charge is 0.464 e. The van der Waals surface area contributed by atoms with E-state index < -0.39 is 0 Å². The van der Waals surface area contributed by atoms with Gasteiger partial charge in [0.15, 0.2) is 0 Å². The van der Waals surface area contributed by atoms with Gasteiger partial charge in [-0.05, 0) is 81.3 Å². The summed E-state index contributed by atoms with van der Waals surface area (Å²) in [7, 11) is 0. The molecule has 0 aliphatic heterocycles. The summed E-state index contributed by atoms with van der Waals surface area (Å²) < 4.78 is 12.1. The first-order chi connectivity index (χ1) is 19.8. The van der Waals surface area contributed by atoms with Gasteiger partial charge in [0.1, 0.15) is 11.2 Å². The second kappa shape index (κ2) is 12.5. The molecule has 2 nitrogen and oxygen atoms in total. The fourth-order valence-electron chi connectivity index (χ4n) is 6.80. The van der Waals surface area contributed by atoms with Crippen LogP contribution in [0.25, 0.3) is 54.3 Å². The minimum atomic E-state index is 1.01. The highest BCUT2D eigenvalue weighted by Crippen LogP contribution is 2.39. The van der Waals surface area contributed by atoms with Crippen molar-refractivity contribution in [3.8, 4) is 0 Å². The van der Waals surface area contributed by atoms with Crippen LogP contribution in [-0.4, -0.2) is 0 Å². The van der Waals surface area contributed by atoms with Crippen LogP contribution in [0.15, 0.2) is 69.9 Å². The van der Waals surface area contributed by atoms with E-state index >= 15 is 0 Å². The zero-order valence-corrected chi connectivity index (χ0v) is 24.5. The number of hydrogen-bond donors (Lipinski definition) is 0. The van der Waals surface area contributed by atoms with E-state index in [1.807, 2.05) is 12.5 Å². The second-order valence-electron chi connectivity index (χ2n) is 11.9. The molecule has 2 heterocycles. The SMILES string of the molecule is CCCCCCCCc1coc2ccc3c4ccc5c(ccc6occ(CCCCCCCC)c65)c4ccc3c12. The van der Waals surface area contributed by atoms with E-state index in [1.165, 1.54) is 131 Å². The Balaban J connectivity index is 1.33. The van der Waals surface area contributed by atoms with Gasteiger partial charge >= 0.3 is 0 Å². The van der Waals surface area contributed by atoms with Crippen LogP contribution >= 0.6 is 0 Å². The van der Waals surface area contributed by atoms with Crippen LogP contribution in [0.2, 0.25) is 0 Å². The van der Waals surface area contributed by atoms with E-state index in [-0.39, 0.29) is 0 Å². The van der Waals surface area contributed by atoms with Crippen LogP contribution in [0, 0.1) is 0 Å². The molecule has 208 valence electrons.